The third-order valence-corrected chi connectivity index (χ3v) is 4.45. The van der Waals surface area contributed by atoms with Crippen molar-refractivity contribution in [3.8, 4) is 11.8 Å². The third-order valence-electron chi connectivity index (χ3n) is 4.45. The van der Waals surface area contributed by atoms with Crippen LogP contribution < -0.4 is 5.32 Å². The molecule has 3 rings (SSSR count). The van der Waals surface area contributed by atoms with Gasteiger partial charge in [0.1, 0.15) is 11.6 Å². The Hall–Kier alpha value is -3.67. The SMILES string of the molecule is CC(C)(C)c1cc(NC(=O)c2cc(F)cc(C(F)(F)F)c2)n(-c2ccc(C#N)cc2)n1. The molecule has 0 bridgehead atoms. The molecular weight excluding hydrogens is 412 g/mol. The molecule has 0 aliphatic rings. The summed E-state index contributed by atoms with van der Waals surface area (Å²) < 4.78 is 54.1. The Morgan fingerprint density at radius 3 is 2.26 bits per heavy atom. The van der Waals surface area contributed by atoms with Crippen molar-refractivity contribution in [3.05, 3.63) is 76.7 Å². The van der Waals surface area contributed by atoms with E-state index in [9.17, 15) is 22.4 Å². The Balaban J connectivity index is 2.02. The molecule has 0 saturated carbocycles. The topological polar surface area (TPSA) is 70.7 Å². The Labute approximate surface area is 175 Å². The minimum atomic E-state index is -4.79. The fourth-order valence-electron chi connectivity index (χ4n) is 2.78. The van der Waals surface area contributed by atoms with Gasteiger partial charge in [-0.1, -0.05) is 20.8 Å². The summed E-state index contributed by atoms with van der Waals surface area (Å²) in [5.74, 6) is -1.89. The second-order valence-electron chi connectivity index (χ2n) is 7.92. The highest BCUT2D eigenvalue weighted by atomic mass is 19.4. The standard InChI is InChI=1S/C22H18F4N4O/c1-21(2,3)18-11-19(30(29-18)17-6-4-13(12-27)5-7-17)28-20(31)14-8-15(22(24,25)26)10-16(23)9-14/h4-11H,1-3H3,(H,28,31). The molecule has 0 radical (unpaired) electrons. The van der Waals surface area contributed by atoms with Crippen LogP contribution in [0.2, 0.25) is 0 Å². The number of halogens is 4. The van der Waals surface area contributed by atoms with Crippen molar-refractivity contribution in [3.63, 3.8) is 0 Å². The predicted molar refractivity (Wildman–Crippen MR) is 106 cm³/mol. The average Bonchev–Trinajstić information content (AvgIpc) is 3.11. The first-order valence-corrected chi connectivity index (χ1v) is 9.19. The molecule has 0 saturated heterocycles. The predicted octanol–water partition coefficient (Wildman–Crippen LogP) is 5.45. The minimum Gasteiger partial charge on any atom is -0.306 e. The summed E-state index contributed by atoms with van der Waals surface area (Å²) in [6.07, 6.45) is -4.79. The van der Waals surface area contributed by atoms with Crippen molar-refractivity contribution >= 4 is 11.7 Å². The molecule has 0 aliphatic carbocycles. The number of nitriles is 1. The first-order valence-electron chi connectivity index (χ1n) is 9.19. The first kappa shape index (κ1) is 22.0. The number of aromatic nitrogens is 2. The Morgan fingerprint density at radius 1 is 1.06 bits per heavy atom. The molecule has 0 spiro atoms. The molecule has 1 heterocycles. The summed E-state index contributed by atoms with van der Waals surface area (Å²) in [7, 11) is 0. The van der Waals surface area contributed by atoms with E-state index in [4.69, 9.17) is 5.26 Å². The van der Waals surface area contributed by atoms with Gasteiger partial charge in [-0.3, -0.25) is 4.79 Å². The van der Waals surface area contributed by atoms with Crippen LogP contribution in [0.1, 0.15) is 48.0 Å². The van der Waals surface area contributed by atoms with Crippen LogP contribution in [0, 0.1) is 17.1 Å². The van der Waals surface area contributed by atoms with Gasteiger partial charge in [0.05, 0.1) is 28.6 Å². The second-order valence-corrected chi connectivity index (χ2v) is 7.92. The quantitative estimate of drug-likeness (QED) is 0.562. The number of hydrogen-bond donors (Lipinski definition) is 1. The van der Waals surface area contributed by atoms with E-state index in [0.717, 1.165) is 6.07 Å². The van der Waals surface area contributed by atoms with E-state index in [0.29, 0.717) is 29.1 Å². The fraction of sp³-hybridized carbons (Fsp3) is 0.227. The van der Waals surface area contributed by atoms with E-state index in [-0.39, 0.29) is 11.2 Å². The Kier molecular flexibility index (Phi) is 5.59. The molecule has 0 fully saturated rings. The van der Waals surface area contributed by atoms with Crippen molar-refractivity contribution in [1.82, 2.24) is 9.78 Å². The number of nitrogens with zero attached hydrogens (tertiary/aromatic N) is 3. The van der Waals surface area contributed by atoms with E-state index in [2.05, 4.69) is 10.4 Å². The maximum Gasteiger partial charge on any atom is 0.416 e. The Morgan fingerprint density at radius 2 is 1.71 bits per heavy atom. The number of anilines is 1. The van der Waals surface area contributed by atoms with Gasteiger partial charge < -0.3 is 5.32 Å². The number of carbonyl (C=O) groups is 1. The van der Waals surface area contributed by atoms with Crippen molar-refractivity contribution in [2.24, 2.45) is 0 Å². The monoisotopic (exact) mass is 430 g/mol. The summed E-state index contributed by atoms with van der Waals surface area (Å²) >= 11 is 0. The van der Waals surface area contributed by atoms with Crippen LogP contribution in [0.3, 0.4) is 0 Å². The van der Waals surface area contributed by atoms with Gasteiger partial charge in [0.2, 0.25) is 0 Å². The van der Waals surface area contributed by atoms with Crippen molar-refractivity contribution < 1.29 is 22.4 Å². The summed E-state index contributed by atoms with van der Waals surface area (Å²) in [5.41, 5.74) is -0.551. The number of carbonyl (C=O) groups excluding carboxylic acids is 1. The zero-order valence-electron chi connectivity index (χ0n) is 16.9. The number of amides is 1. The molecule has 0 aliphatic heterocycles. The van der Waals surface area contributed by atoms with Crippen molar-refractivity contribution in [2.45, 2.75) is 32.4 Å². The van der Waals surface area contributed by atoms with Crippen molar-refractivity contribution in [1.29, 1.82) is 5.26 Å². The molecular formula is C22H18F4N4O. The van der Waals surface area contributed by atoms with E-state index in [1.54, 1.807) is 30.3 Å². The fourth-order valence-corrected chi connectivity index (χ4v) is 2.78. The largest absolute Gasteiger partial charge is 0.416 e. The zero-order chi connectivity index (χ0) is 23.0. The van der Waals surface area contributed by atoms with Crippen molar-refractivity contribution in [2.75, 3.05) is 5.32 Å². The highest BCUT2D eigenvalue weighted by Gasteiger charge is 2.32. The molecule has 3 aromatic rings. The van der Waals surface area contributed by atoms with E-state index in [1.807, 2.05) is 26.8 Å². The summed E-state index contributed by atoms with van der Waals surface area (Å²) in [4.78, 5) is 12.7. The van der Waals surface area contributed by atoms with Crippen LogP contribution in [0.4, 0.5) is 23.4 Å². The first-order chi connectivity index (χ1) is 14.4. The number of benzene rings is 2. The summed E-state index contributed by atoms with van der Waals surface area (Å²) in [5, 5.41) is 16.0. The maximum absolute atomic E-state index is 13.7. The van der Waals surface area contributed by atoms with Gasteiger partial charge in [-0.2, -0.15) is 23.5 Å². The highest BCUT2D eigenvalue weighted by molar-refractivity contribution is 6.04. The van der Waals surface area contributed by atoms with E-state index >= 15 is 0 Å². The van der Waals surface area contributed by atoms with Crippen LogP contribution in [-0.2, 0) is 11.6 Å². The van der Waals surface area contributed by atoms with Gasteiger partial charge in [0.15, 0.2) is 0 Å². The number of alkyl halides is 3. The molecule has 0 unspecified atom stereocenters. The summed E-state index contributed by atoms with van der Waals surface area (Å²) in [6.45, 7) is 5.73. The summed E-state index contributed by atoms with van der Waals surface area (Å²) in [6, 6.07) is 11.6. The molecule has 5 nitrogen and oxygen atoms in total. The lowest BCUT2D eigenvalue weighted by Crippen LogP contribution is -2.17. The van der Waals surface area contributed by atoms with Gasteiger partial charge in [-0.05, 0) is 42.5 Å². The van der Waals surface area contributed by atoms with Gasteiger partial charge in [-0.25, -0.2) is 9.07 Å². The zero-order valence-corrected chi connectivity index (χ0v) is 16.9. The maximum atomic E-state index is 13.7. The molecule has 160 valence electrons. The number of rotatable bonds is 3. The molecule has 1 N–H and O–H groups in total. The number of nitrogens with one attached hydrogen (secondary N) is 1. The Bertz CT molecular complexity index is 1170. The molecule has 9 heteroatoms. The smallest absolute Gasteiger partial charge is 0.306 e. The molecule has 2 aromatic carbocycles. The van der Waals surface area contributed by atoms with Crippen LogP contribution in [0.5, 0.6) is 0 Å². The van der Waals surface area contributed by atoms with E-state index < -0.39 is 29.0 Å². The highest BCUT2D eigenvalue weighted by Crippen LogP contribution is 2.31. The van der Waals surface area contributed by atoms with Crippen LogP contribution in [-0.4, -0.2) is 15.7 Å². The van der Waals surface area contributed by atoms with E-state index in [1.165, 1.54) is 4.68 Å². The average molecular weight is 430 g/mol. The lowest BCUT2D eigenvalue weighted by molar-refractivity contribution is -0.137. The lowest BCUT2D eigenvalue weighted by atomic mass is 9.92. The normalized spacial score (nSPS) is 11.8. The lowest BCUT2D eigenvalue weighted by Gasteiger charge is -2.14. The van der Waals surface area contributed by atoms with Crippen LogP contribution >= 0.6 is 0 Å². The molecule has 31 heavy (non-hydrogen) atoms. The van der Waals surface area contributed by atoms with Gasteiger partial charge >= 0.3 is 6.18 Å². The number of hydrogen-bond acceptors (Lipinski definition) is 3. The van der Waals surface area contributed by atoms with Crippen LogP contribution in [0.15, 0.2) is 48.5 Å². The van der Waals surface area contributed by atoms with Gasteiger partial charge in [-0.15, -0.1) is 0 Å². The van der Waals surface area contributed by atoms with Crippen LogP contribution in [0.25, 0.3) is 5.69 Å². The molecule has 1 aromatic heterocycles. The van der Waals surface area contributed by atoms with Gasteiger partial charge in [0.25, 0.3) is 5.91 Å². The molecule has 1 amide bonds. The van der Waals surface area contributed by atoms with Gasteiger partial charge in [0, 0.05) is 17.0 Å². The molecule has 0 atom stereocenters. The second kappa shape index (κ2) is 7.87. The third kappa shape index (κ3) is 4.91. The minimum absolute atomic E-state index is 0.192.